The van der Waals surface area contributed by atoms with Crippen molar-refractivity contribution in [1.29, 1.82) is 0 Å². The second-order valence-electron chi connectivity index (χ2n) is 4.31. The van der Waals surface area contributed by atoms with Gasteiger partial charge in [-0.2, -0.15) is 0 Å². The molecule has 1 atom stereocenters. The van der Waals surface area contributed by atoms with Gasteiger partial charge >= 0.3 is 6.03 Å². The number of hydrogen-bond acceptors (Lipinski definition) is 2. The Labute approximate surface area is 95.5 Å². The summed E-state index contributed by atoms with van der Waals surface area (Å²) < 4.78 is 0. The average Bonchev–Trinajstić information content (AvgIpc) is 3.11. The van der Waals surface area contributed by atoms with Crippen molar-refractivity contribution in [2.75, 3.05) is 0 Å². The molecule has 0 radical (unpaired) electrons. The molecule has 1 aliphatic rings. The number of carbonyl (C=O) groups excluding carboxylic acids is 1. The highest BCUT2D eigenvalue weighted by Gasteiger charge is 2.28. The Kier molecular flexibility index (Phi) is 3.39. The van der Waals surface area contributed by atoms with Crippen LogP contribution in [-0.4, -0.2) is 17.1 Å². The summed E-state index contributed by atoms with van der Waals surface area (Å²) in [6.07, 6.45) is 5.96. The number of hydrogen-bond donors (Lipinski definition) is 2. The van der Waals surface area contributed by atoms with E-state index in [0.717, 1.165) is 5.56 Å². The van der Waals surface area contributed by atoms with Crippen LogP contribution in [0.3, 0.4) is 0 Å². The molecule has 0 aromatic carbocycles. The van der Waals surface area contributed by atoms with E-state index in [9.17, 15) is 4.79 Å². The highest BCUT2D eigenvalue weighted by molar-refractivity contribution is 5.74. The van der Waals surface area contributed by atoms with Gasteiger partial charge in [-0.25, -0.2) is 4.79 Å². The van der Waals surface area contributed by atoms with Crippen LogP contribution in [0.1, 0.15) is 25.3 Å². The predicted octanol–water partition coefficient (Wildman–Crippen LogP) is 1.68. The van der Waals surface area contributed by atoms with Gasteiger partial charge in [0.1, 0.15) is 0 Å². The summed E-state index contributed by atoms with van der Waals surface area (Å²) >= 11 is 0. The smallest absolute Gasteiger partial charge is 0.315 e. The number of rotatable bonds is 4. The first-order valence-corrected chi connectivity index (χ1v) is 5.69. The fraction of sp³-hybridized carbons (Fsp3) is 0.500. The Hall–Kier alpha value is -1.58. The lowest BCUT2D eigenvalue weighted by atomic mass is 10.2. The van der Waals surface area contributed by atoms with Gasteiger partial charge in [-0.05, 0) is 37.3 Å². The Bertz CT molecular complexity index is 349. The van der Waals surface area contributed by atoms with Crippen LogP contribution in [0.15, 0.2) is 24.5 Å². The van der Waals surface area contributed by atoms with E-state index in [1.807, 2.05) is 12.1 Å². The second-order valence-corrected chi connectivity index (χ2v) is 4.31. The van der Waals surface area contributed by atoms with Crippen molar-refractivity contribution in [3.63, 3.8) is 0 Å². The maximum Gasteiger partial charge on any atom is 0.315 e. The maximum atomic E-state index is 11.5. The summed E-state index contributed by atoms with van der Waals surface area (Å²) in [7, 11) is 0. The van der Waals surface area contributed by atoms with E-state index >= 15 is 0 Å². The minimum atomic E-state index is -0.0942. The third-order valence-electron chi connectivity index (χ3n) is 2.86. The van der Waals surface area contributed by atoms with Crippen LogP contribution < -0.4 is 10.6 Å². The lowest BCUT2D eigenvalue weighted by Gasteiger charge is -2.13. The molecule has 4 nitrogen and oxygen atoms in total. The maximum absolute atomic E-state index is 11.5. The minimum Gasteiger partial charge on any atom is -0.335 e. The van der Waals surface area contributed by atoms with E-state index in [1.54, 1.807) is 12.4 Å². The van der Waals surface area contributed by atoms with Gasteiger partial charge in [-0.3, -0.25) is 4.98 Å². The number of nitrogens with one attached hydrogen (secondary N) is 2. The van der Waals surface area contributed by atoms with Crippen LogP contribution in [-0.2, 0) is 6.54 Å². The molecule has 0 saturated heterocycles. The molecule has 0 spiro atoms. The number of amides is 2. The lowest BCUT2D eigenvalue weighted by Crippen LogP contribution is -2.41. The first kappa shape index (κ1) is 10.9. The molecule has 1 unspecified atom stereocenters. The van der Waals surface area contributed by atoms with E-state index in [2.05, 4.69) is 22.5 Å². The molecule has 1 aromatic heterocycles. The van der Waals surface area contributed by atoms with Gasteiger partial charge in [-0.1, -0.05) is 6.07 Å². The minimum absolute atomic E-state index is 0.0942. The van der Waals surface area contributed by atoms with E-state index in [1.165, 1.54) is 12.8 Å². The first-order valence-electron chi connectivity index (χ1n) is 5.69. The molecule has 1 fully saturated rings. The van der Waals surface area contributed by atoms with Crippen molar-refractivity contribution in [3.8, 4) is 0 Å². The summed E-state index contributed by atoms with van der Waals surface area (Å²) in [5.74, 6) is 0.684. The molecule has 0 aliphatic heterocycles. The molecule has 2 amide bonds. The van der Waals surface area contributed by atoms with Gasteiger partial charge in [0, 0.05) is 25.0 Å². The van der Waals surface area contributed by atoms with Crippen LogP contribution >= 0.6 is 0 Å². The number of pyridine rings is 1. The van der Waals surface area contributed by atoms with E-state index in [0.29, 0.717) is 12.5 Å². The summed E-state index contributed by atoms with van der Waals surface area (Å²) in [5.41, 5.74) is 1.01. The van der Waals surface area contributed by atoms with Crippen molar-refractivity contribution >= 4 is 6.03 Å². The van der Waals surface area contributed by atoms with Crippen molar-refractivity contribution < 1.29 is 4.79 Å². The SMILES string of the molecule is CC(NC(=O)NCc1cccnc1)C1CC1. The van der Waals surface area contributed by atoms with E-state index < -0.39 is 0 Å². The molecule has 4 heteroatoms. The third-order valence-corrected chi connectivity index (χ3v) is 2.86. The van der Waals surface area contributed by atoms with E-state index in [4.69, 9.17) is 0 Å². The fourth-order valence-electron chi connectivity index (χ4n) is 1.66. The molecule has 1 aromatic rings. The van der Waals surface area contributed by atoms with Gasteiger partial charge in [0.25, 0.3) is 0 Å². The van der Waals surface area contributed by atoms with Crippen molar-refractivity contribution in [2.45, 2.75) is 32.4 Å². The number of carbonyl (C=O) groups is 1. The highest BCUT2D eigenvalue weighted by atomic mass is 16.2. The summed E-state index contributed by atoms with van der Waals surface area (Å²) in [6.45, 7) is 2.58. The molecular weight excluding hydrogens is 202 g/mol. The molecule has 1 heterocycles. The molecule has 1 aliphatic carbocycles. The largest absolute Gasteiger partial charge is 0.335 e. The van der Waals surface area contributed by atoms with Crippen LogP contribution in [0.2, 0.25) is 0 Å². The lowest BCUT2D eigenvalue weighted by molar-refractivity contribution is 0.236. The zero-order valence-electron chi connectivity index (χ0n) is 9.44. The second kappa shape index (κ2) is 4.96. The Morgan fingerprint density at radius 2 is 2.44 bits per heavy atom. The number of aromatic nitrogens is 1. The third kappa shape index (κ3) is 3.22. The fourth-order valence-corrected chi connectivity index (χ4v) is 1.66. The molecule has 2 rings (SSSR count). The van der Waals surface area contributed by atoms with Gasteiger partial charge in [0.05, 0.1) is 0 Å². The number of urea groups is 1. The topological polar surface area (TPSA) is 54.0 Å². The van der Waals surface area contributed by atoms with Gasteiger partial charge in [-0.15, -0.1) is 0 Å². The molecule has 0 bridgehead atoms. The molecular formula is C12H17N3O. The van der Waals surface area contributed by atoms with Gasteiger partial charge in [0.15, 0.2) is 0 Å². The molecule has 1 saturated carbocycles. The highest BCUT2D eigenvalue weighted by Crippen LogP contribution is 2.32. The Balaban J connectivity index is 1.71. The predicted molar refractivity (Wildman–Crippen MR) is 61.8 cm³/mol. The monoisotopic (exact) mass is 219 g/mol. The summed E-state index contributed by atoms with van der Waals surface area (Å²) in [6, 6.07) is 4.00. The number of nitrogens with zero attached hydrogens (tertiary/aromatic N) is 1. The van der Waals surface area contributed by atoms with Crippen molar-refractivity contribution in [2.24, 2.45) is 5.92 Å². The molecule has 16 heavy (non-hydrogen) atoms. The van der Waals surface area contributed by atoms with Gasteiger partial charge < -0.3 is 10.6 Å². The van der Waals surface area contributed by atoms with Crippen molar-refractivity contribution in [1.82, 2.24) is 15.6 Å². The zero-order chi connectivity index (χ0) is 11.4. The molecule has 86 valence electrons. The normalized spacial score (nSPS) is 16.6. The van der Waals surface area contributed by atoms with Crippen LogP contribution in [0.25, 0.3) is 0 Å². The zero-order valence-corrected chi connectivity index (χ0v) is 9.44. The van der Waals surface area contributed by atoms with Crippen molar-refractivity contribution in [3.05, 3.63) is 30.1 Å². The van der Waals surface area contributed by atoms with Crippen LogP contribution in [0, 0.1) is 5.92 Å². The molecule has 2 N–H and O–H groups in total. The quantitative estimate of drug-likeness (QED) is 0.809. The summed E-state index contributed by atoms with van der Waals surface area (Å²) in [5, 5.41) is 5.76. The average molecular weight is 219 g/mol. The Morgan fingerprint density at radius 3 is 3.06 bits per heavy atom. The van der Waals surface area contributed by atoms with E-state index in [-0.39, 0.29) is 12.1 Å². The van der Waals surface area contributed by atoms with Gasteiger partial charge in [0.2, 0.25) is 0 Å². The van der Waals surface area contributed by atoms with Crippen LogP contribution in [0.5, 0.6) is 0 Å². The Morgan fingerprint density at radius 1 is 1.62 bits per heavy atom. The first-order chi connectivity index (χ1) is 7.75. The summed E-state index contributed by atoms with van der Waals surface area (Å²) in [4.78, 5) is 15.5. The standard InChI is InChI=1S/C12H17N3O/c1-9(11-4-5-11)15-12(16)14-8-10-3-2-6-13-7-10/h2-3,6-7,9,11H,4-5,8H2,1H3,(H2,14,15,16). The van der Waals surface area contributed by atoms with Crippen LogP contribution in [0.4, 0.5) is 4.79 Å².